The van der Waals surface area contributed by atoms with Crippen LogP contribution in [0.3, 0.4) is 0 Å². The van der Waals surface area contributed by atoms with E-state index < -0.39 is 23.5 Å². The van der Waals surface area contributed by atoms with Crippen LogP contribution < -0.4 is 10.6 Å². The van der Waals surface area contributed by atoms with Crippen molar-refractivity contribution in [2.45, 2.75) is 53.6 Å². The van der Waals surface area contributed by atoms with Gasteiger partial charge in [0.1, 0.15) is 11.8 Å². The molecule has 1 rings (SSSR count). The number of aromatic nitrogens is 1. The third-order valence-electron chi connectivity index (χ3n) is 3.26. The number of nitrogens with one attached hydrogen (secondary N) is 2. The molecular weight excluding hydrogens is 274 g/mol. The largest absolute Gasteiger partial charge is 0.480 e. The number of hydrogen-bond donors (Lipinski definition) is 3. The van der Waals surface area contributed by atoms with Gasteiger partial charge in [0.05, 0.1) is 11.7 Å². The minimum atomic E-state index is -1.07. The molecule has 7 nitrogen and oxygen atoms in total. The Labute approximate surface area is 124 Å². The number of carboxylic acids is 1. The highest BCUT2D eigenvalue weighted by molar-refractivity contribution is 5.83. The van der Waals surface area contributed by atoms with E-state index in [4.69, 9.17) is 4.52 Å². The molecule has 118 valence electrons. The van der Waals surface area contributed by atoms with Crippen LogP contribution in [-0.2, 0) is 4.79 Å². The van der Waals surface area contributed by atoms with Gasteiger partial charge in [0, 0.05) is 5.56 Å². The highest BCUT2D eigenvalue weighted by atomic mass is 16.5. The van der Waals surface area contributed by atoms with Crippen molar-refractivity contribution in [3.8, 4) is 0 Å². The fourth-order valence-electron chi connectivity index (χ4n) is 2.20. The second kappa shape index (κ2) is 6.15. The van der Waals surface area contributed by atoms with Crippen molar-refractivity contribution in [2.24, 2.45) is 5.41 Å². The third-order valence-corrected chi connectivity index (χ3v) is 3.26. The van der Waals surface area contributed by atoms with E-state index >= 15 is 0 Å². The molecule has 7 heteroatoms. The molecule has 2 amide bonds. The first kappa shape index (κ1) is 17.0. The maximum atomic E-state index is 12.0. The highest BCUT2D eigenvalue weighted by Gasteiger charge is 2.33. The summed E-state index contributed by atoms with van der Waals surface area (Å²) in [5, 5.41) is 18.2. The molecule has 0 aromatic carbocycles. The van der Waals surface area contributed by atoms with Crippen LogP contribution in [0.2, 0.25) is 0 Å². The van der Waals surface area contributed by atoms with Crippen molar-refractivity contribution < 1.29 is 19.2 Å². The van der Waals surface area contributed by atoms with Crippen LogP contribution in [0.5, 0.6) is 0 Å². The number of aliphatic carboxylic acids is 1. The van der Waals surface area contributed by atoms with Gasteiger partial charge < -0.3 is 20.3 Å². The molecular formula is C14H23N3O4. The summed E-state index contributed by atoms with van der Waals surface area (Å²) in [5.41, 5.74) is 0.911. The minimum absolute atomic E-state index is 0.328. The quantitative estimate of drug-likeness (QED) is 0.790. The number of carbonyl (C=O) groups excluding carboxylic acids is 1. The van der Waals surface area contributed by atoms with Gasteiger partial charge in [0.2, 0.25) is 0 Å². The summed E-state index contributed by atoms with van der Waals surface area (Å²) in [7, 11) is 0. The maximum Gasteiger partial charge on any atom is 0.326 e. The number of amides is 2. The average molecular weight is 297 g/mol. The Morgan fingerprint density at radius 1 is 1.24 bits per heavy atom. The summed E-state index contributed by atoms with van der Waals surface area (Å²) in [6.07, 6.45) is 0. The molecule has 0 saturated carbocycles. The fraction of sp³-hybridized carbons (Fsp3) is 0.643. The number of carboxylic acid groups (broad SMARTS) is 1. The van der Waals surface area contributed by atoms with Crippen molar-refractivity contribution in [3.63, 3.8) is 0 Å². The molecule has 0 fully saturated rings. The van der Waals surface area contributed by atoms with Crippen molar-refractivity contribution in [3.05, 3.63) is 17.0 Å². The van der Waals surface area contributed by atoms with Gasteiger partial charge in [-0.1, -0.05) is 25.9 Å². The smallest absolute Gasteiger partial charge is 0.326 e. The Bertz CT molecular complexity index is 511. The predicted molar refractivity (Wildman–Crippen MR) is 76.9 cm³/mol. The molecule has 1 aromatic heterocycles. The Hall–Kier alpha value is -2.05. The molecule has 0 bridgehead atoms. The zero-order chi connectivity index (χ0) is 16.4. The number of nitrogens with zero attached hydrogens (tertiary/aromatic N) is 1. The van der Waals surface area contributed by atoms with Gasteiger partial charge in [0.25, 0.3) is 0 Å². The van der Waals surface area contributed by atoms with E-state index in [0.29, 0.717) is 11.5 Å². The summed E-state index contributed by atoms with van der Waals surface area (Å²) in [4.78, 5) is 23.2. The van der Waals surface area contributed by atoms with E-state index in [9.17, 15) is 14.7 Å². The van der Waals surface area contributed by atoms with Crippen LogP contribution in [0.25, 0.3) is 0 Å². The van der Waals surface area contributed by atoms with Crippen molar-refractivity contribution in [1.29, 1.82) is 0 Å². The molecule has 0 aliphatic rings. The minimum Gasteiger partial charge on any atom is -0.480 e. The van der Waals surface area contributed by atoms with Crippen molar-refractivity contribution in [1.82, 2.24) is 15.8 Å². The van der Waals surface area contributed by atoms with Crippen LogP contribution in [-0.4, -0.2) is 28.3 Å². The maximum absolute atomic E-state index is 12.0. The molecule has 21 heavy (non-hydrogen) atoms. The first-order valence-electron chi connectivity index (χ1n) is 6.76. The molecule has 0 radical (unpaired) electrons. The van der Waals surface area contributed by atoms with E-state index in [0.717, 1.165) is 5.56 Å². The van der Waals surface area contributed by atoms with Crippen LogP contribution in [0, 0.1) is 19.3 Å². The number of urea groups is 1. The zero-order valence-corrected chi connectivity index (χ0v) is 13.3. The second-order valence-corrected chi connectivity index (χ2v) is 6.21. The Kier molecular flexibility index (Phi) is 4.98. The molecule has 3 N–H and O–H groups in total. The van der Waals surface area contributed by atoms with Gasteiger partial charge in [-0.2, -0.15) is 0 Å². The van der Waals surface area contributed by atoms with E-state index in [2.05, 4.69) is 15.8 Å². The summed E-state index contributed by atoms with van der Waals surface area (Å²) in [6.45, 7) is 10.6. The molecule has 0 aliphatic heterocycles. The first-order chi connectivity index (χ1) is 9.54. The summed E-state index contributed by atoms with van der Waals surface area (Å²) in [5.74, 6) is -0.437. The number of rotatable bonds is 4. The Balaban J connectivity index is 2.75. The average Bonchev–Trinajstić information content (AvgIpc) is 2.64. The van der Waals surface area contributed by atoms with Gasteiger partial charge in [-0.05, 0) is 26.2 Å². The SMILES string of the molecule is Cc1noc(C)c1C(C)NC(=O)N[C@H](C(=O)O)C(C)(C)C. The molecule has 2 atom stereocenters. The number of hydrogen-bond acceptors (Lipinski definition) is 4. The lowest BCUT2D eigenvalue weighted by Crippen LogP contribution is -2.52. The lowest BCUT2D eigenvalue weighted by molar-refractivity contribution is -0.141. The zero-order valence-electron chi connectivity index (χ0n) is 13.3. The number of aryl methyl sites for hydroxylation is 2. The topological polar surface area (TPSA) is 104 Å². The van der Waals surface area contributed by atoms with Gasteiger partial charge in [-0.15, -0.1) is 0 Å². The normalized spacial score (nSPS) is 14.4. The predicted octanol–water partition coefficient (Wildman–Crippen LogP) is 2.15. The molecule has 0 saturated heterocycles. The number of carbonyl (C=O) groups is 2. The van der Waals surface area contributed by atoms with Crippen LogP contribution >= 0.6 is 0 Å². The Morgan fingerprint density at radius 3 is 2.19 bits per heavy atom. The highest BCUT2D eigenvalue weighted by Crippen LogP contribution is 2.22. The van der Waals surface area contributed by atoms with Crippen molar-refractivity contribution >= 4 is 12.0 Å². The van der Waals surface area contributed by atoms with Crippen molar-refractivity contribution in [2.75, 3.05) is 0 Å². The van der Waals surface area contributed by atoms with Gasteiger partial charge >= 0.3 is 12.0 Å². The summed E-state index contributed by atoms with van der Waals surface area (Å²) >= 11 is 0. The van der Waals surface area contributed by atoms with E-state index in [1.807, 2.05) is 0 Å². The molecule has 0 aliphatic carbocycles. The molecule has 0 spiro atoms. The van der Waals surface area contributed by atoms with Gasteiger partial charge in [-0.3, -0.25) is 0 Å². The molecule has 1 heterocycles. The fourth-order valence-corrected chi connectivity index (χ4v) is 2.20. The Morgan fingerprint density at radius 2 is 1.81 bits per heavy atom. The monoisotopic (exact) mass is 297 g/mol. The van der Waals surface area contributed by atoms with E-state index in [1.54, 1.807) is 41.5 Å². The first-order valence-corrected chi connectivity index (χ1v) is 6.76. The van der Waals surface area contributed by atoms with Gasteiger partial charge in [0.15, 0.2) is 0 Å². The third kappa shape index (κ3) is 4.21. The summed E-state index contributed by atoms with van der Waals surface area (Å²) < 4.78 is 5.06. The standard InChI is InChI=1S/C14H23N3O4/c1-7(10-8(2)17-21-9(10)3)15-13(20)16-11(12(18)19)14(4,5)6/h7,11H,1-6H3,(H,18,19)(H2,15,16,20)/t7?,11-/m1/s1. The lowest BCUT2D eigenvalue weighted by Gasteiger charge is -2.28. The molecule has 1 unspecified atom stereocenters. The second-order valence-electron chi connectivity index (χ2n) is 6.21. The van der Waals surface area contributed by atoms with Crippen LogP contribution in [0.4, 0.5) is 4.79 Å². The van der Waals surface area contributed by atoms with Crippen LogP contribution in [0.1, 0.15) is 50.8 Å². The lowest BCUT2D eigenvalue weighted by atomic mass is 9.87. The van der Waals surface area contributed by atoms with E-state index in [1.165, 1.54) is 0 Å². The van der Waals surface area contributed by atoms with E-state index in [-0.39, 0.29) is 6.04 Å². The van der Waals surface area contributed by atoms with Crippen LogP contribution in [0.15, 0.2) is 4.52 Å². The van der Waals surface area contributed by atoms with Gasteiger partial charge in [-0.25, -0.2) is 9.59 Å². The summed E-state index contributed by atoms with van der Waals surface area (Å²) in [6, 6.07) is -1.84. The molecule has 1 aromatic rings.